The zero-order chi connectivity index (χ0) is 17.7. The lowest BCUT2D eigenvalue weighted by Gasteiger charge is -2.37. The molecule has 0 aromatic heterocycles. The largest absolute Gasteiger partial charge is 0.358 e. The summed E-state index contributed by atoms with van der Waals surface area (Å²) in [6, 6.07) is 14.7. The number of likely N-dealkylation sites (N-methyl/N-ethyl adjacent to an activating group) is 1. The maximum absolute atomic E-state index is 13.1. The second-order valence-corrected chi connectivity index (χ2v) is 7.14. The van der Waals surface area contributed by atoms with Crippen LogP contribution >= 0.6 is 0 Å². The van der Waals surface area contributed by atoms with Gasteiger partial charge in [-0.25, -0.2) is 0 Å². The molecule has 3 nitrogen and oxygen atoms in total. The Bertz CT molecular complexity index is 688. The highest BCUT2D eigenvalue weighted by Crippen LogP contribution is 2.40. The van der Waals surface area contributed by atoms with Crippen molar-refractivity contribution in [2.75, 3.05) is 27.7 Å². The number of hydrogen-bond acceptors (Lipinski definition) is 2. The van der Waals surface area contributed by atoms with Crippen molar-refractivity contribution in [2.24, 2.45) is 5.92 Å². The topological polar surface area (TPSA) is 32.3 Å². The fourth-order valence-corrected chi connectivity index (χ4v) is 3.74. The molecule has 1 N–H and O–H groups in total. The van der Waals surface area contributed by atoms with Crippen LogP contribution in [-0.2, 0) is 10.2 Å². The number of fused-ring (bicyclic) bond motifs is 1. The first-order valence-corrected chi connectivity index (χ1v) is 8.78. The second-order valence-electron chi connectivity index (χ2n) is 7.14. The lowest BCUT2D eigenvalue weighted by atomic mass is 9.66. The molecule has 0 aliphatic heterocycles. The van der Waals surface area contributed by atoms with Crippen LogP contribution in [0.3, 0.4) is 0 Å². The molecule has 3 heteroatoms. The van der Waals surface area contributed by atoms with Crippen LogP contribution in [0.5, 0.6) is 0 Å². The molecule has 0 radical (unpaired) electrons. The number of benzene rings is 2. The van der Waals surface area contributed by atoms with E-state index in [0.717, 1.165) is 24.9 Å². The van der Waals surface area contributed by atoms with E-state index in [4.69, 9.17) is 0 Å². The standard InChI is InChI=1S/C21H30N2O/c1-16(2)21(20(24)22-3,14-9-15-23(4)5)19-13-8-11-17-10-6-7-12-18(17)19/h6-8,10-13,16H,9,14-15H2,1-5H3,(H,22,24). The Labute approximate surface area is 146 Å². The van der Waals surface area contributed by atoms with Crippen LogP contribution in [0.2, 0.25) is 0 Å². The number of nitrogens with zero attached hydrogens (tertiary/aromatic N) is 1. The summed E-state index contributed by atoms with van der Waals surface area (Å²) in [5.41, 5.74) is 0.639. The average molecular weight is 326 g/mol. The average Bonchev–Trinajstić information content (AvgIpc) is 2.57. The molecule has 24 heavy (non-hydrogen) atoms. The number of carbonyl (C=O) groups excluding carboxylic acids is 1. The highest BCUT2D eigenvalue weighted by molar-refractivity contribution is 5.96. The summed E-state index contributed by atoms with van der Waals surface area (Å²) in [6.07, 6.45) is 1.83. The third-order valence-corrected chi connectivity index (χ3v) is 5.06. The van der Waals surface area contributed by atoms with Crippen molar-refractivity contribution in [3.05, 3.63) is 48.0 Å². The minimum atomic E-state index is -0.508. The molecule has 2 rings (SSSR count). The molecule has 2 aromatic carbocycles. The molecule has 0 aliphatic rings. The van der Waals surface area contributed by atoms with Crippen LogP contribution in [0.25, 0.3) is 10.8 Å². The lowest BCUT2D eigenvalue weighted by Crippen LogP contribution is -2.47. The molecule has 1 unspecified atom stereocenters. The van der Waals surface area contributed by atoms with Crippen molar-refractivity contribution in [1.29, 1.82) is 0 Å². The second kappa shape index (κ2) is 7.80. The van der Waals surface area contributed by atoms with Gasteiger partial charge in [-0.2, -0.15) is 0 Å². The number of amides is 1. The Balaban J connectivity index is 2.60. The highest BCUT2D eigenvalue weighted by atomic mass is 16.2. The first-order valence-electron chi connectivity index (χ1n) is 8.78. The smallest absolute Gasteiger partial charge is 0.230 e. The maximum atomic E-state index is 13.1. The van der Waals surface area contributed by atoms with Gasteiger partial charge < -0.3 is 10.2 Å². The van der Waals surface area contributed by atoms with Crippen molar-refractivity contribution in [3.8, 4) is 0 Å². The minimum Gasteiger partial charge on any atom is -0.358 e. The van der Waals surface area contributed by atoms with Gasteiger partial charge in [-0.05, 0) is 55.7 Å². The highest BCUT2D eigenvalue weighted by Gasteiger charge is 2.43. The summed E-state index contributed by atoms with van der Waals surface area (Å²) in [6.45, 7) is 5.30. The summed E-state index contributed by atoms with van der Waals surface area (Å²) >= 11 is 0. The monoisotopic (exact) mass is 326 g/mol. The third-order valence-electron chi connectivity index (χ3n) is 5.06. The molecule has 2 aromatic rings. The van der Waals surface area contributed by atoms with Crippen LogP contribution in [-0.4, -0.2) is 38.5 Å². The Hall–Kier alpha value is -1.87. The van der Waals surface area contributed by atoms with E-state index in [2.05, 4.69) is 80.6 Å². The van der Waals surface area contributed by atoms with Gasteiger partial charge in [-0.15, -0.1) is 0 Å². The SMILES string of the molecule is CNC(=O)C(CCCN(C)C)(c1cccc2ccccc12)C(C)C. The first kappa shape index (κ1) is 18.5. The lowest BCUT2D eigenvalue weighted by molar-refractivity contribution is -0.128. The molecule has 0 aliphatic carbocycles. The van der Waals surface area contributed by atoms with Gasteiger partial charge in [0.25, 0.3) is 0 Å². The Morgan fingerprint density at radius 2 is 1.79 bits per heavy atom. The number of rotatable bonds is 7. The van der Waals surface area contributed by atoms with Gasteiger partial charge in [0.1, 0.15) is 0 Å². The van der Waals surface area contributed by atoms with Gasteiger partial charge in [0.05, 0.1) is 5.41 Å². The number of hydrogen-bond donors (Lipinski definition) is 1. The predicted octanol–water partition coefficient (Wildman–Crippen LogP) is 3.82. The number of carbonyl (C=O) groups is 1. The third kappa shape index (κ3) is 3.46. The zero-order valence-electron chi connectivity index (χ0n) is 15.6. The van der Waals surface area contributed by atoms with Crippen molar-refractivity contribution >= 4 is 16.7 Å². The fraction of sp³-hybridized carbons (Fsp3) is 0.476. The van der Waals surface area contributed by atoms with Gasteiger partial charge in [-0.3, -0.25) is 4.79 Å². The minimum absolute atomic E-state index is 0.118. The molecule has 1 amide bonds. The number of nitrogens with one attached hydrogen (secondary N) is 1. The van der Waals surface area contributed by atoms with Crippen LogP contribution < -0.4 is 5.32 Å². The van der Waals surface area contributed by atoms with Gasteiger partial charge in [-0.1, -0.05) is 56.3 Å². The fourth-order valence-electron chi connectivity index (χ4n) is 3.74. The Morgan fingerprint density at radius 3 is 2.42 bits per heavy atom. The molecule has 1 atom stereocenters. The molecular formula is C21H30N2O. The summed E-state index contributed by atoms with van der Waals surface area (Å²) in [5.74, 6) is 0.332. The van der Waals surface area contributed by atoms with Crippen molar-refractivity contribution in [2.45, 2.75) is 32.1 Å². The summed E-state index contributed by atoms with van der Waals surface area (Å²) < 4.78 is 0. The van der Waals surface area contributed by atoms with Crippen LogP contribution in [0.15, 0.2) is 42.5 Å². The molecule has 0 saturated heterocycles. The van der Waals surface area contributed by atoms with Crippen molar-refractivity contribution in [3.63, 3.8) is 0 Å². The van der Waals surface area contributed by atoms with E-state index in [1.54, 1.807) is 7.05 Å². The molecule has 130 valence electrons. The van der Waals surface area contributed by atoms with E-state index in [1.165, 1.54) is 10.8 Å². The molecule has 0 saturated carbocycles. The van der Waals surface area contributed by atoms with Crippen LogP contribution in [0, 0.1) is 5.92 Å². The maximum Gasteiger partial charge on any atom is 0.230 e. The molecule has 0 heterocycles. The van der Waals surface area contributed by atoms with E-state index in [1.807, 2.05) is 0 Å². The van der Waals surface area contributed by atoms with Gasteiger partial charge in [0.15, 0.2) is 0 Å². The van der Waals surface area contributed by atoms with Crippen molar-refractivity contribution in [1.82, 2.24) is 10.2 Å². The zero-order valence-corrected chi connectivity index (χ0v) is 15.6. The van der Waals surface area contributed by atoms with Gasteiger partial charge >= 0.3 is 0 Å². The van der Waals surface area contributed by atoms with E-state index in [-0.39, 0.29) is 11.8 Å². The summed E-state index contributed by atoms with van der Waals surface area (Å²) in [5, 5.41) is 5.31. The Kier molecular flexibility index (Phi) is 6.00. The predicted molar refractivity (Wildman–Crippen MR) is 102 cm³/mol. The normalized spacial score (nSPS) is 14.1. The molecular weight excluding hydrogens is 296 g/mol. The Morgan fingerprint density at radius 1 is 1.12 bits per heavy atom. The van der Waals surface area contributed by atoms with Crippen molar-refractivity contribution < 1.29 is 4.79 Å². The summed E-state index contributed by atoms with van der Waals surface area (Å²) in [4.78, 5) is 15.2. The van der Waals surface area contributed by atoms with E-state index >= 15 is 0 Å². The van der Waals surface area contributed by atoms with Gasteiger partial charge in [0.2, 0.25) is 5.91 Å². The van der Waals surface area contributed by atoms with Gasteiger partial charge in [0, 0.05) is 7.05 Å². The first-order chi connectivity index (χ1) is 11.4. The van der Waals surface area contributed by atoms with E-state index < -0.39 is 5.41 Å². The molecule has 0 bridgehead atoms. The van der Waals surface area contributed by atoms with E-state index in [9.17, 15) is 4.79 Å². The van der Waals surface area contributed by atoms with Crippen LogP contribution in [0.4, 0.5) is 0 Å². The molecule has 0 fully saturated rings. The van der Waals surface area contributed by atoms with E-state index in [0.29, 0.717) is 0 Å². The summed E-state index contributed by atoms with van der Waals surface area (Å²) in [7, 11) is 5.90. The van der Waals surface area contributed by atoms with Crippen LogP contribution in [0.1, 0.15) is 32.3 Å². The molecule has 0 spiro atoms. The quantitative estimate of drug-likeness (QED) is 0.839.